The third-order valence-electron chi connectivity index (χ3n) is 16.9. The molecule has 85 heavy (non-hydrogen) atoms. The van der Waals surface area contributed by atoms with Crippen LogP contribution in [-0.4, -0.2) is 193 Å². The van der Waals surface area contributed by atoms with Crippen LogP contribution in [0, 0.1) is 0 Å². The first-order valence-corrected chi connectivity index (χ1v) is 33.7. The van der Waals surface area contributed by atoms with Gasteiger partial charge in [-0.1, -0.05) is 230 Å². The number of nitrogens with one attached hydrogen (secondary N) is 1. The van der Waals surface area contributed by atoms with Crippen LogP contribution < -0.4 is 5.32 Å². The van der Waals surface area contributed by atoms with Crippen LogP contribution in [0.1, 0.15) is 245 Å². The summed E-state index contributed by atoms with van der Waals surface area (Å²) in [5.74, 6) is -0.296. The zero-order chi connectivity index (χ0) is 61.9. The summed E-state index contributed by atoms with van der Waals surface area (Å²) in [5, 5.41) is 120. The van der Waals surface area contributed by atoms with Crippen molar-refractivity contribution >= 4 is 5.91 Å². The Kier molecular flexibility index (Phi) is 44.4. The van der Waals surface area contributed by atoms with Gasteiger partial charge in [-0.3, -0.25) is 4.79 Å². The minimum atomic E-state index is -1.98. The van der Waals surface area contributed by atoms with Crippen molar-refractivity contribution in [3.8, 4) is 0 Å². The Balaban J connectivity index is 1.35. The van der Waals surface area contributed by atoms with Gasteiger partial charge in [0.15, 0.2) is 18.9 Å². The molecule has 17 atom stereocenters. The quantitative estimate of drug-likeness (QED) is 0.0202. The maximum Gasteiger partial charge on any atom is 0.220 e. The fraction of sp³-hybridized carbons (Fsp3) is 0.894. The van der Waals surface area contributed by atoms with Crippen LogP contribution in [0.5, 0.6) is 0 Å². The molecule has 3 fully saturated rings. The highest BCUT2D eigenvalue weighted by atomic mass is 16.8. The number of ether oxygens (including phenoxy) is 6. The smallest absolute Gasteiger partial charge is 0.220 e. The van der Waals surface area contributed by atoms with Crippen LogP contribution in [0.4, 0.5) is 0 Å². The van der Waals surface area contributed by atoms with Crippen LogP contribution in [0.15, 0.2) is 36.5 Å². The molecule has 3 aliphatic heterocycles. The van der Waals surface area contributed by atoms with Gasteiger partial charge in [0.1, 0.15) is 73.2 Å². The molecule has 17 unspecified atom stereocenters. The Hall–Kier alpha value is -1.99. The van der Waals surface area contributed by atoms with Crippen molar-refractivity contribution in [3.63, 3.8) is 0 Å². The lowest BCUT2D eigenvalue weighted by atomic mass is 9.96. The highest BCUT2D eigenvalue weighted by molar-refractivity contribution is 5.76. The average Bonchev–Trinajstić information content (AvgIpc) is 2.91. The van der Waals surface area contributed by atoms with E-state index in [1.165, 1.54) is 154 Å². The second-order valence-electron chi connectivity index (χ2n) is 24.3. The number of unbranched alkanes of at least 4 members (excludes halogenated alkanes) is 31. The number of hydrogen-bond acceptors (Lipinski definition) is 18. The van der Waals surface area contributed by atoms with Crippen molar-refractivity contribution in [1.82, 2.24) is 5.32 Å². The van der Waals surface area contributed by atoms with Crippen molar-refractivity contribution in [2.45, 2.75) is 349 Å². The second-order valence-corrected chi connectivity index (χ2v) is 24.3. The summed E-state index contributed by atoms with van der Waals surface area (Å²) < 4.78 is 34.2. The average molecular weight is 1220 g/mol. The molecule has 0 aromatic carbocycles. The number of rotatable bonds is 51. The molecule has 1 amide bonds. The number of aliphatic hydroxyl groups excluding tert-OH is 11. The first-order chi connectivity index (χ1) is 41.3. The van der Waals surface area contributed by atoms with Gasteiger partial charge in [0.2, 0.25) is 5.91 Å². The van der Waals surface area contributed by atoms with E-state index in [1.807, 2.05) is 6.08 Å². The molecule has 12 N–H and O–H groups in total. The molecule has 0 aromatic heterocycles. The molecule has 19 nitrogen and oxygen atoms in total. The van der Waals surface area contributed by atoms with Gasteiger partial charge in [-0.2, -0.15) is 0 Å². The van der Waals surface area contributed by atoms with Gasteiger partial charge in [0.25, 0.3) is 0 Å². The van der Waals surface area contributed by atoms with Crippen molar-refractivity contribution in [2.24, 2.45) is 0 Å². The van der Waals surface area contributed by atoms with Gasteiger partial charge in [-0.05, 0) is 44.9 Å². The van der Waals surface area contributed by atoms with Gasteiger partial charge in [0, 0.05) is 6.42 Å². The predicted octanol–water partition coefficient (Wildman–Crippen LogP) is 8.05. The summed E-state index contributed by atoms with van der Waals surface area (Å²) in [6, 6.07) is -0.991. The zero-order valence-electron chi connectivity index (χ0n) is 52.3. The van der Waals surface area contributed by atoms with E-state index in [1.54, 1.807) is 6.08 Å². The molecule has 0 aromatic rings. The van der Waals surface area contributed by atoms with Crippen LogP contribution in [0.25, 0.3) is 0 Å². The van der Waals surface area contributed by atoms with E-state index in [2.05, 4.69) is 43.5 Å². The zero-order valence-corrected chi connectivity index (χ0v) is 52.3. The van der Waals surface area contributed by atoms with Gasteiger partial charge in [0.05, 0.1) is 38.6 Å². The molecule has 19 heteroatoms. The minimum Gasteiger partial charge on any atom is -0.394 e. The first-order valence-electron chi connectivity index (χ1n) is 33.7. The largest absolute Gasteiger partial charge is 0.394 e. The lowest BCUT2D eigenvalue weighted by molar-refractivity contribution is -0.379. The first kappa shape index (κ1) is 77.3. The van der Waals surface area contributed by atoms with E-state index < -0.39 is 124 Å². The van der Waals surface area contributed by atoms with Gasteiger partial charge >= 0.3 is 0 Å². The van der Waals surface area contributed by atoms with Gasteiger partial charge in [-0.25, -0.2) is 0 Å². The van der Waals surface area contributed by atoms with Crippen molar-refractivity contribution in [2.75, 3.05) is 26.4 Å². The molecule has 3 rings (SSSR count). The van der Waals surface area contributed by atoms with Crippen molar-refractivity contribution in [3.05, 3.63) is 36.5 Å². The number of carbonyl (C=O) groups excluding carboxylic acids is 1. The predicted molar refractivity (Wildman–Crippen MR) is 328 cm³/mol. The molecular weight excluding hydrogens is 1090 g/mol. The van der Waals surface area contributed by atoms with Crippen LogP contribution in [-0.2, 0) is 33.2 Å². The van der Waals surface area contributed by atoms with E-state index in [4.69, 9.17) is 28.4 Å². The fourth-order valence-electron chi connectivity index (χ4n) is 11.4. The van der Waals surface area contributed by atoms with Crippen LogP contribution in [0.3, 0.4) is 0 Å². The van der Waals surface area contributed by atoms with E-state index in [0.29, 0.717) is 12.8 Å². The molecule has 0 spiro atoms. The fourth-order valence-corrected chi connectivity index (χ4v) is 11.4. The molecule has 0 radical (unpaired) electrons. The number of aliphatic hydroxyl groups is 11. The van der Waals surface area contributed by atoms with Crippen molar-refractivity contribution < 1.29 is 89.4 Å². The van der Waals surface area contributed by atoms with E-state index in [-0.39, 0.29) is 18.9 Å². The third-order valence-corrected chi connectivity index (χ3v) is 16.9. The van der Waals surface area contributed by atoms with Crippen molar-refractivity contribution in [1.29, 1.82) is 0 Å². The Bertz CT molecular complexity index is 1690. The summed E-state index contributed by atoms with van der Waals surface area (Å²) >= 11 is 0. The normalized spacial score (nSPS) is 29.2. The highest BCUT2D eigenvalue weighted by Gasteiger charge is 2.53. The van der Waals surface area contributed by atoms with Crippen LogP contribution >= 0.6 is 0 Å². The number of amides is 1. The number of allylic oxidation sites excluding steroid dienone is 5. The van der Waals surface area contributed by atoms with E-state index >= 15 is 0 Å². The Morgan fingerprint density at radius 1 is 0.412 bits per heavy atom. The topological polar surface area (TPSA) is 307 Å². The van der Waals surface area contributed by atoms with E-state index in [0.717, 1.165) is 57.8 Å². The molecule has 498 valence electrons. The summed E-state index contributed by atoms with van der Waals surface area (Å²) in [6.07, 6.45) is 29.2. The standard InChI is InChI=1S/C66H121NO18/c1-3-5-7-9-11-12-13-14-15-16-17-18-19-20-21-22-23-24-25-26-27-28-29-30-31-32-33-34-35-36-38-39-41-43-50(71)49(67-54(72)44-42-40-37-10-8-6-4-2)48-80-64-60(78)57(75)62(52(46-69)82-64)85-66-61(79)58(76)63(53(47-70)83-66)84-65-59(77)56(74)55(73)51(45-68)81-65/h31-32,35-36,41,43,49-53,55-66,68-71,73-79H,3-30,33-34,37-40,42,44-48H2,1-2H3,(H,67,72)/b32-31+,36-35+,43-41+. The summed E-state index contributed by atoms with van der Waals surface area (Å²) in [7, 11) is 0. The maximum atomic E-state index is 13.2. The van der Waals surface area contributed by atoms with Crippen LogP contribution in [0.2, 0.25) is 0 Å². The third kappa shape index (κ3) is 31.5. The SMILES string of the molecule is CCCCCCCCCCCCCCCCCCCCCCCCC/C=C/CC/C=C/CC/C=C/C(O)C(COC1OC(CO)C(OC2OC(CO)C(OC3OC(CO)C(O)C(O)C3O)C(O)C2O)C(O)C1O)NC(=O)CCCCCCCCC. The summed E-state index contributed by atoms with van der Waals surface area (Å²) in [6.45, 7) is 1.64. The second kappa shape index (κ2) is 48.8. The van der Waals surface area contributed by atoms with E-state index in [9.17, 15) is 61.0 Å². The summed E-state index contributed by atoms with van der Waals surface area (Å²) in [5.41, 5.74) is 0. The summed E-state index contributed by atoms with van der Waals surface area (Å²) in [4.78, 5) is 13.2. The maximum absolute atomic E-state index is 13.2. The molecule has 0 bridgehead atoms. The molecule has 3 saturated heterocycles. The minimum absolute atomic E-state index is 0.231. The molecule has 3 aliphatic rings. The lowest BCUT2D eigenvalue weighted by Gasteiger charge is -2.48. The number of hydrogen-bond donors (Lipinski definition) is 12. The monoisotopic (exact) mass is 1220 g/mol. The highest BCUT2D eigenvalue weighted by Crippen LogP contribution is 2.33. The van der Waals surface area contributed by atoms with Gasteiger partial charge in [-0.15, -0.1) is 0 Å². The lowest BCUT2D eigenvalue weighted by Crippen LogP contribution is -2.66. The molecular formula is C66H121NO18. The molecule has 0 saturated carbocycles. The van der Waals surface area contributed by atoms with Gasteiger partial charge < -0.3 is 89.9 Å². The Morgan fingerprint density at radius 2 is 0.753 bits per heavy atom. The molecule has 0 aliphatic carbocycles. The molecule has 3 heterocycles. The Morgan fingerprint density at radius 3 is 1.18 bits per heavy atom. The number of carbonyl (C=O) groups is 1. The Labute approximate surface area is 511 Å².